The molecule has 254 valence electrons. The molecule has 0 atom stereocenters. The predicted molar refractivity (Wildman–Crippen MR) is 221 cm³/mol. The first-order chi connectivity index (χ1) is 26.8. The molecular weight excluding hydrogens is 661 g/mol. The van der Waals surface area contributed by atoms with Crippen molar-refractivity contribution in [2.45, 2.75) is 0 Å². The minimum atomic E-state index is 0.825. The Morgan fingerprint density at radius 2 is 0.833 bits per heavy atom. The Kier molecular flexibility index (Phi) is 6.79. The van der Waals surface area contributed by atoms with Gasteiger partial charge in [-0.15, -0.1) is 0 Å². The van der Waals surface area contributed by atoms with Gasteiger partial charge in [-0.3, -0.25) is 8.97 Å². The summed E-state index contributed by atoms with van der Waals surface area (Å²) in [5, 5.41) is 0. The van der Waals surface area contributed by atoms with Gasteiger partial charge in [0.1, 0.15) is 0 Å². The molecule has 3 heterocycles. The molecule has 0 amide bonds. The van der Waals surface area contributed by atoms with E-state index in [1.807, 2.05) is 18.2 Å². The van der Waals surface area contributed by atoms with E-state index >= 15 is 0 Å². The molecule has 0 saturated carbocycles. The van der Waals surface area contributed by atoms with Crippen molar-refractivity contribution in [2.24, 2.45) is 0 Å². The maximum absolute atomic E-state index is 6.71. The first-order valence-electron chi connectivity index (χ1n) is 18.2. The Bertz CT molecular complexity index is 2910. The Morgan fingerprint density at radius 3 is 1.43 bits per heavy atom. The molecule has 0 aliphatic carbocycles. The highest BCUT2D eigenvalue weighted by Gasteiger charge is 2.27. The zero-order valence-corrected chi connectivity index (χ0v) is 29.2. The molecular formula is C49H32N4O. The standard InChI is InChI=1S/C49H32N4O/c1-3-11-33(12-4-1)37-23-29-45-47(31-37)54-48-32-38(34-13-5-2-6-14-34)24-30-46(48)51(45)39-25-19-35(20-26-39)36-21-27-40(28-22-36)52-43-17-9-10-18-44(43)53-42-16-8-7-15-41(42)50-49(52)53/h1-32H. The van der Waals surface area contributed by atoms with Crippen LogP contribution in [-0.4, -0.2) is 14.0 Å². The first-order valence-corrected chi connectivity index (χ1v) is 18.2. The molecule has 11 rings (SSSR count). The fourth-order valence-corrected chi connectivity index (χ4v) is 7.92. The van der Waals surface area contributed by atoms with Crippen molar-refractivity contribution >= 4 is 44.9 Å². The van der Waals surface area contributed by atoms with Gasteiger partial charge in [0.2, 0.25) is 5.78 Å². The molecule has 8 aromatic carbocycles. The summed E-state index contributed by atoms with van der Waals surface area (Å²) in [6.07, 6.45) is 0. The summed E-state index contributed by atoms with van der Waals surface area (Å²) in [4.78, 5) is 7.36. The Balaban J connectivity index is 0.968. The molecule has 54 heavy (non-hydrogen) atoms. The van der Waals surface area contributed by atoms with Gasteiger partial charge in [0.15, 0.2) is 11.5 Å². The van der Waals surface area contributed by atoms with Crippen molar-refractivity contribution in [3.63, 3.8) is 0 Å². The van der Waals surface area contributed by atoms with Gasteiger partial charge in [-0.25, -0.2) is 4.98 Å². The average Bonchev–Trinajstić information content (AvgIpc) is 3.78. The van der Waals surface area contributed by atoms with E-state index in [4.69, 9.17) is 9.72 Å². The van der Waals surface area contributed by atoms with Crippen molar-refractivity contribution in [1.29, 1.82) is 0 Å². The highest BCUT2D eigenvalue weighted by Crippen LogP contribution is 2.52. The van der Waals surface area contributed by atoms with E-state index in [1.165, 1.54) is 0 Å². The minimum absolute atomic E-state index is 0.825. The van der Waals surface area contributed by atoms with Crippen LogP contribution in [-0.2, 0) is 0 Å². The summed E-state index contributed by atoms with van der Waals surface area (Å²) in [5.41, 5.74) is 15.3. The van der Waals surface area contributed by atoms with Crippen LogP contribution in [0.4, 0.5) is 17.1 Å². The lowest BCUT2D eigenvalue weighted by Crippen LogP contribution is -2.16. The normalized spacial score (nSPS) is 12.2. The van der Waals surface area contributed by atoms with Crippen LogP contribution in [0.25, 0.3) is 66.9 Å². The molecule has 0 saturated heterocycles. The second-order valence-corrected chi connectivity index (χ2v) is 13.7. The van der Waals surface area contributed by atoms with Gasteiger partial charge in [-0.2, -0.15) is 0 Å². The second kappa shape index (κ2) is 12.1. The monoisotopic (exact) mass is 692 g/mol. The average molecular weight is 693 g/mol. The van der Waals surface area contributed by atoms with Gasteiger partial charge in [0, 0.05) is 11.4 Å². The number of para-hydroxylation sites is 4. The number of hydrogen-bond donors (Lipinski definition) is 0. The molecule has 0 radical (unpaired) electrons. The number of hydrogen-bond acceptors (Lipinski definition) is 3. The SMILES string of the molecule is c1ccc(-c2ccc3c(c2)Oc2cc(-c4ccccc4)ccc2N3c2ccc(-c3ccc(-n4c5ccccc5n5c6ccccc6nc45)cc3)cc2)cc1. The molecule has 0 bridgehead atoms. The largest absolute Gasteiger partial charge is 0.453 e. The number of rotatable bonds is 5. The molecule has 5 heteroatoms. The Morgan fingerprint density at radius 1 is 0.370 bits per heavy atom. The molecule has 0 unspecified atom stereocenters. The van der Waals surface area contributed by atoms with Crippen LogP contribution in [0.3, 0.4) is 0 Å². The Labute approximate surface area is 312 Å². The molecule has 1 aliphatic heterocycles. The van der Waals surface area contributed by atoms with Crippen molar-refractivity contribution in [3.8, 4) is 50.6 Å². The minimum Gasteiger partial charge on any atom is -0.453 e. The Hall–Kier alpha value is -7.37. The highest BCUT2D eigenvalue weighted by atomic mass is 16.5. The van der Waals surface area contributed by atoms with Gasteiger partial charge in [0.25, 0.3) is 0 Å². The van der Waals surface area contributed by atoms with Gasteiger partial charge in [-0.1, -0.05) is 121 Å². The van der Waals surface area contributed by atoms with Crippen LogP contribution in [0, 0.1) is 0 Å². The van der Waals surface area contributed by atoms with Crippen LogP contribution in [0.2, 0.25) is 0 Å². The van der Waals surface area contributed by atoms with E-state index in [9.17, 15) is 0 Å². The maximum atomic E-state index is 6.71. The highest BCUT2D eigenvalue weighted by molar-refractivity contribution is 5.93. The zero-order valence-electron chi connectivity index (χ0n) is 29.2. The molecule has 1 aliphatic rings. The summed E-state index contributed by atoms with van der Waals surface area (Å²) >= 11 is 0. The number of imidazole rings is 2. The van der Waals surface area contributed by atoms with Crippen LogP contribution in [0.1, 0.15) is 0 Å². The summed E-state index contributed by atoms with van der Waals surface area (Å²) in [6.45, 7) is 0. The number of ether oxygens (including phenoxy) is 1. The smallest absolute Gasteiger partial charge is 0.220 e. The van der Waals surface area contributed by atoms with Gasteiger partial charge in [0.05, 0.1) is 33.4 Å². The van der Waals surface area contributed by atoms with Crippen LogP contribution in [0.15, 0.2) is 194 Å². The van der Waals surface area contributed by atoms with Crippen molar-refractivity contribution < 1.29 is 4.74 Å². The summed E-state index contributed by atoms with van der Waals surface area (Å²) < 4.78 is 11.2. The second-order valence-electron chi connectivity index (χ2n) is 13.7. The van der Waals surface area contributed by atoms with E-state index in [2.05, 4.69) is 190 Å². The first kappa shape index (κ1) is 30.3. The molecule has 0 N–H and O–H groups in total. The van der Waals surface area contributed by atoms with E-state index in [0.717, 1.165) is 95.5 Å². The fraction of sp³-hybridized carbons (Fsp3) is 0. The molecule has 0 spiro atoms. The third-order valence-electron chi connectivity index (χ3n) is 10.5. The summed E-state index contributed by atoms with van der Waals surface area (Å²) in [7, 11) is 0. The fourth-order valence-electron chi connectivity index (χ4n) is 7.92. The topological polar surface area (TPSA) is 34.7 Å². The quantitative estimate of drug-likeness (QED) is 0.180. The maximum Gasteiger partial charge on any atom is 0.220 e. The molecule has 5 nitrogen and oxygen atoms in total. The predicted octanol–water partition coefficient (Wildman–Crippen LogP) is 13.0. The summed E-state index contributed by atoms with van der Waals surface area (Å²) in [6, 6.07) is 68.4. The molecule has 0 fully saturated rings. The van der Waals surface area contributed by atoms with Crippen LogP contribution < -0.4 is 9.64 Å². The lowest BCUT2D eigenvalue weighted by atomic mass is 10.0. The van der Waals surface area contributed by atoms with Gasteiger partial charge < -0.3 is 9.64 Å². The van der Waals surface area contributed by atoms with Crippen LogP contribution >= 0.6 is 0 Å². The van der Waals surface area contributed by atoms with Gasteiger partial charge in [-0.05, 0) is 106 Å². The lowest BCUT2D eigenvalue weighted by molar-refractivity contribution is 0.477. The number of fused-ring (bicyclic) bond motifs is 7. The third kappa shape index (κ3) is 4.83. The molecule has 10 aromatic rings. The zero-order chi connectivity index (χ0) is 35.6. The van der Waals surface area contributed by atoms with Gasteiger partial charge >= 0.3 is 0 Å². The third-order valence-corrected chi connectivity index (χ3v) is 10.5. The number of nitrogens with zero attached hydrogens (tertiary/aromatic N) is 4. The van der Waals surface area contributed by atoms with E-state index in [0.29, 0.717) is 0 Å². The van der Waals surface area contributed by atoms with Crippen molar-refractivity contribution in [3.05, 3.63) is 194 Å². The number of benzene rings is 8. The number of anilines is 3. The van der Waals surface area contributed by atoms with E-state index in [1.54, 1.807) is 0 Å². The molecule has 2 aromatic heterocycles. The van der Waals surface area contributed by atoms with Crippen molar-refractivity contribution in [2.75, 3.05) is 4.90 Å². The lowest BCUT2D eigenvalue weighted by Gasteiger charge is -2.33. The van der Waals surface area contributed by atoms with E-state index in [-0.39, 0.29) is 0 Å². The number of aromatic nitrogens is 3. The van der Waals surface area contributed by atoms with Crippen molar-refractivity contribution in [1.82, 2.24) is 14.0 Å². The summed E-state index contributed by atoms with van der Waals surface area (Å²) in [5.74, 6) is 2.56. The van der Waals surface area contributed by atoms with Crippen LogP contribution in [0.5, 0.6) is 11.5 Å². The van der Waals surface area contributed by atoms with E-state index < -0.39 is 0 Å².